The molecule has 0 radical (unpaired) electrons. The van der Waals surface area contributed by atoms with Crippen molar-refractivity contribution in [3.8, 4) is 0 Å². The SMILES string of the molecule is CN1CC(c2cccc(Cl)c2)C(C(=O)c2ccccc2)C12C(=O)N(Cc1ccccc1Cl)c1ccccc12. The van der Waals surface area contributed by atoms with Crippen LogP contribution in [0.3, 0.4) is 0 Å². The number of carbonyl (C=O) groups is 2. The zero-order valence-electron chi connectivity index (χ0n) is 20.9. The van der Waals surface area contributed by atoms with Crippen molar-refractivity contribution in [2.75, 3.05) is 18.5 Å². The average molecular weight is 541 g/mol. The molecule has 1 spiro atoms. The molecular formula is C32H26Cl2N2O2. The van der Waals surface area contributed by atoms with Gasteiger partial charge in [0.25, 0.3) is 5.91 Å². The Labute approximate surface area is 232 Å². The van der Waals surface area contributed by atoms with E-state index in [0.29, 0.717) is 28.7 Å². The molecule has 0 aromatic heterocycles. The normalized spacial score (nSPS) is 22.7. The van der Waals surface area contributed by atoms with Gasteiger partial charge in [0, 0.05) is 39.3 Å². The lowest BCUT2D eigenvalue weighted by molar-refractivity contribution is -0.129. The van der Waals surface area contributed by atoms with E-state index in [9.17, 15) is 9.59 Å². The molecule has 3 unspecified atom stereocenters. The van der Waals surface area contributed by atoms with E-state index in [1.54, 1.807) is 4.90 Å². The summed E-state index contributed by atoms with van der Waals surface area (Å²) < 4.78 is 0. The number of carbonyl (C=O) groups excluding carboxylic acids is 2. The summed E-state index contributed by atoms with van der Waals surface area (Å²) >= 11 is 12.9. The topological polar surface area (TPSA) is 40.6 Å². The molecule has 38 heavy (non-hydrogen) atoms. The van der Waals surface area contributed by atoms with Gasteiger partial charge in [-0.3, -0.25) is 14.5 Å². The number of nitrogens with zero attached hydrogens (tertiary/aromatic N) is 2. The molecule has 6 rings (SSSR count). The molecule has 1 fully saturated rings. The number of amides is 1. The molecule has 3 atom stereocenters. The van der Waals surface area contributed by atoms with Crippen LogP contribution >= 0.6 is 23.2 Å². The Hall–Kier alpha value is -3.44. The lowest BCUT2D eigenvalue weighted by Gasteiger charge is -2.36. The fraction of sp³-hybridized carbons (Fsp3) is 0.188. The first-order valence-corrected chi connectivity index (χ1v) is 13.4. The summed E-state index contributed by atoms with van der Waals surface area (Å²) in [5.41, 5.74) is 2.88. The van der Waals surface area contributed by atoms with Gasteiger partial charge in [0.05, 0.1) is 12.5 Å². The second-order valence-corrected chi connectivity index (χ2v) is 10.9. The Morgan fingerprint density at radius 2 is 1.61 bits per heavy atom. The van der Waals surface area contributed by atoms with Crippen LogP contribution in [0.2, 0.25) is 10.0 Å². The molecule has 4 nitrogen and oxygen atoms in total. The first-order chi connectivity index (χ1) is 18.4. The molecule has 0 saturated carbocycles. The van der Waals surface area contributed by atoms with Gasteiger partial charge in [-0.2, -0.15) is 0 Å². The van der Waals surface area contributed by atoms with Gasteiger partial charge in [0.1, 0.15) is 5.54 Å². The van der Waals surface area contributed by atoms with Crippen LogP contribution in [0.25, 0.3) is 0 Å². The Bertz CT molecular complexity index is 1540. The van der Waals surface area contributed by atoms with Crippen LogP contribution in [0.15, 0.2) is 103 Å². The van der Waals surface area contributed by atoms with E-state index >= 15 is 0 Å². The number of rotatable bonds is 5. The van der Waals surface area contributed by atoms with E-state index < -0.39 is 11.5 Å². The molecule has 2 heterocycles. The van der Waals surface area contributed by atoms with Crippen molar-refractivity contribution in [3.05, 3.63) is 135 Å². The maximum atomic E-state index is 14.8. The molecular weight excluding hydrogens is 515 g/mol. The number of fused-ring (bicyclic) bond motifs is 2. The highest BCUT2D eigenvalue weighted by molar-refractivity contribution is 6.31. The van der Waals surface area contributed by atoms with Crippen LogP contribution in [0.1, 0.15) is 33.0 Å². The van der Waals surface area contributed by atoms with E-state index in [-0.39, 0.29) is 17.6 Å². The van der Waals surface area contributed by atoms with Crippen LogP contribution in [0, 0.1) is 5.92 Å². The summed E-state index contributed by atoms with van der Waals surface area (Å²) in [6.45, 7) is 0.850. The van der Waals surface area contributed by atoms with E-state index in [0.717, 1.165) is 22.4 Å². The van der Waals surface area contributed by atoms with Crippen LogP contribution in [-0.2, 0) is 16.9 Å². The summed E-state index contributed by atoms with van der Waals surface area (Å²) in [5.74, 6) is -1.05. The number of para-hydroxylation sites is 1. The number of benzene rings is 4. The number of hydrogen-bond acceptors (Lipinski definition) is 3. The fourth-order valence-electron chi connectivity index (χ4n) is 6.35. The number of Topliss-reactive ketones (excluding diaryl/α,β-unsaturated/α-hetero) is 1. The molecule has 6 heteroatoms. The van der Waals surface area contributed by atoms with Crippen molar-refractivity contribution in [1.82, 2.24) is 4.90 Å². The lowest BCUT2D eigenvalue weighted by atomic mass is 9.70. The molecule has 0 N–H and O–H groups in total. The first-order valence-electron chi connectivity index (χ1n) is 12.6. The van der Waals surface area contributed by atoms with Gasteiger partial charge >= 0.3 is 0 Å². The number of hydrogen-bond donors (Lipinski definition) is 0. The van der Waals surface area contributed by atoms with Crippen LogP contribution in [0.5, 0.6) is 0 Å². The Kier molecular flexibility index (Phi) is 6.35. The number of likely N-dealkylation sites (N-methyl/N-ethyl adjacent to an activating group) is 1. The van der Waals surface area contributed by atoms with Gasteiger partial charge in [0.2, 0.25) is 0 Å². The number of halogens is 2. The number of anilines is 1. The third-order valence-electron chi connectivity index (χ3n) is 8.01. The molecule has 0 aliphatic carbocycles. The van der Waals surface area contributed by atoms with Crippen molar-refractivity contribution in [2.45, 2.75) is 18.0 Å². The van der Waals surface area contributed by atoms with E-state index in [2.05, 4.69) is 4.90 Å². The highest BCUT2D eigenvalue weighted by Gasteiger charge is 2.66. The molecule has 2 aliphatic heterocycles. The molecule has 4 aromatic carbocycles. The highest BCUT2D eigenvalue weighted by Crippen LogP contribution is 2.57. The largest absolute Gasteiger partial charge is 0.306 e. The predicted octanol–water partition coefficient (Wildman–Crippen LogP) is 6.96. The van der Waals surface area contributed by atoms with Crippen molar-refractivity contribution in [3.63, 3.8) is 0 Å². The quantitative estimate of drug-likeness (QED) is 0.257. The molecule has 1 saturated heterocycles. The van der Waals surface area contributed by atoms with E-state index in [4.69, 9.17) is 23.2 Å². The zero-order chi connectivity index (χ0) is 26.4. The van der Waals surface area contributed by atoms with Crippen LogP contribution in [0.4, 0.5) is 5.69 Å². The maximum Gasteiger partial charge on any atom is 0.253 e. The second kappa shape index (κ2) is 9.70. The van der Waals surface area contributed by atoms with Gasteiger partial charge in [-0.1, -0.05) is 102 Å². The molecule has 0 bridgehead atoms. The first kappa shape index (κ1) is 24.9. The Morgan fingerprint density at radius 3 is 2.37 bits per heavy atom. The lowest BCUT2D eigenvalue weighted by Crippen LogP contribution is -2.53. The van der Waals surface area contributed by atoms with Gasteiger partial charge in [-0.15, -0.1) is 0 Å². The fourth-order valence-corrected chi connectivity index (χ4v) is 6.74. The maximum absolute atomic E-state index is 14.8. The average Bonchev–Trinajstić information content (AvgIpc) is 3.38. The summed E-state index contributed by atoms with van der Waals surface area (Å²) in [7, 11) is 1.95. The molecule has 2 aliphatic rings. The summed E-state index contributed by atoms with van der Waals surface area (Å²) in [6, 6.07) is 32.3. The van der Waals surface area contributed by atoms with Gasteiger partial charge in [-0.25, -0.2) is 0 Å². The van der Waals surface area contributed by atoms with Crippen molar-refractivity contribution in [2.24, 2.45) is 5.92 Å². The van der Waals surface area contributed by atoms with Crippen molar-refractivity contribution >= 4 is 40.6 Å². The van der Waals surface area contributed by atoms with E-state index in [1.807, 2.05) is 110 Å². The second-order valence-electron chi connectivity index (χ2n) is 10.0. The summed E-state index contributed by atoms with van der Waals surface area (Å²) in [4.78, 5) is 33.1. The van der Waals surface area contributed by atoms with Crippen molar-refractivity contribution < 1.29 is 9.59 Å². The third-order valence-corrected chi connectivity index (χ3v) is 8.61. The smallest absolute Gasteiger partial charge is 0.253 e. The minimum absolute atomic E-state index is 0.0531. The summed E-state index contributed by atoms with van der Waals surface area (Å²) in [5, 5.41) is 1.21. The van der Waals surface area contributed by atoms with Gasteiger partial charge < -0.3 is 4.90 Å². The molecule has 4 aromatic rings. The van der Waals surface area contributed by atoms with E-state index in [1.165, 1.54) is 0 Å². The van der Waals surface area contributed by atoms with Gasteiger partial charge in [-0.05, 0) is 42.4 Å². The minimum Gasteiger partial charge on any atom is -0.306 e. The highest BCUT2D eigenvalue weighted by atomic mass is 35.5. The standard InChI is InChI=1S/C32H26Cl2N2O2/c1-35-20-25(22-13-9-14-24(33)18-22)29(30(37)21-10-3-2-4-11-21)32(35)26-15-6-8-17-28(26)36(31(32)38)19-23-12-5-7-16-27(23)34/h2-18,25,29H,19-20H2,1H3. The summed E-state index contributed by atoms with van der Waals surface area (Å²) in [6.07, 6.45) is 0. The van der Waals surface area contributed by atoms with Crippen LogP contribution in [-0.4, -0.2) is 30.2 Å². The monoisotopic (exact) mass is 540 g/mol. The molecule has 1 amide bonds. The zero-order valence-corrected chi connectivity index (χ0v) is 22.4. The third kappa shape index (κ3) is 3.79. The number of ketones is 1. The minimum atomic E-state index is -1.17. The molecule has 190 valence electrons. The Morgan fingerprint density at radius 1 is 0.895 bits per heavy atom. The van der Waals surface area contributed by atoms with Crippen LogP contribution < -0.4 is 4.90 Å². The predicted molar refractivity (Wildman–Crippen MR) is 152 cm³/mol. The number of likely N-dealkylation sites (tertiary alicyclic amines) is 1. The van der Waals surface area contributed by atoms with Crippen molar-refractivity contribution in [1.29, 1.82) is 0 Å². The Balaban J connectivity index is 1.55. The van der Waals surface area contributed by atoms with Gasteiger partial charge in [0.15, 0.2) is 5.78 Å².